The van der Waals surface area contributed by atoms with Crippen molar-refractivity contribution in [3.8, 4) is 5.75 Å². The average molecular weight is 431 g/mol. The van der Waals surface area contributed by atoms with Crippen LogP contribution in [0.25, 0.3) is 11.0 Å². The molecule has 0 spiro atoms. The molecule has 3 rings (SSSR count). The number of β-amino-alcohol motifs (C(OH)–C–C–N with tert-alkyl or cyclic N) is 1. The van der Waals surface area contributed by atoms with Crippen LogP contribution in [0.5, 0.6) is 5.75 Å². The lowest BCUT2D eigenvalue weighted by molar-refractivity contribution is 0.108. The number of benzene rings is 1. The Morgan fingerprint density at radius 2 is 1.82 bits per heavy atom. The van der Waals surface area contributed by atoms with Gasteiger partial charge in [-0.3, -0.25) is 9.80 Å². The van der Waals surface area contributed by atoms with Crippen molar-refractivity contribution in [1.29, 1.82) is 0 Å². The van der Waals surface area contributed by atoms with E-state index in [-0.39, 0.29) is 37.2 Å². The number of aryl methyl sites for hydroxylation is 1. The fraction of sp³-hybridized carbons (Fsp3) is 0.450. The second kappa shape index (κ2) is 10.8. The molecule has 0 saturated carbocycles. The highest BCUT2D eigenvalue weighted by atomic mass is 35.5. The van der Waals surface area contributed by atoms with Crippen LogP contribution in [0.2, 0.25) is 0 Å². The molecule has 1 fully saturated rings. The Kier molecular flexibility index (Phi) is 9.47. The summed E-state index contributed by atoms with van der Waals surface area (Å²) >= 11 is 0. The maximum atomic E-state index is 11.8. The number of aliphatic hydroxyl groups is 1. The van der Waals surface area contributed by atoms with Gasteiger partial charge in [0, 0.05) is 61.8 Å². The molecule has 0 unspecified atom stereocenters. The third-order valence-corrected chi connectivity index (χ3v) is 5.01. The quantitative estimate of drug-likeness (QED) is 0.541. The van der Waals surface area contributed by atoms with Crippen LogP contribution in [-0.2, 0) is 13.0 Å². The molecule has 28 heavy (non-hydrogen) atoms. The maximum Gasteiger partial charge on any atom is 0.336 e. The number of hydrogen-bond acceptors (Lipinski definition) is 6. The molecule has 1 aromatic heterocycles. The number of rotatable bonds is 6. The first kappa shape index (κ1) is 24.5. The molecule has 156 valence electrons. The van der Waals surface area contributed by atoms with Gasteiger partial charge in [0.25, 0.3) is 0 Å². The monoisotopic (exact) mass is 430 g/mol. The van der Waals surface area contributed by atoms with Gasteiger partial charge in [0.15, 0.2) is 0 Å². The Balaban J connectivity index is 0.00000196. The highest BCUT2D eigenvalue weighted by molar-refractivity contribution is 5.86. The molecule has 2 aromatic rings. The van der Waals surface area contributed by atoms with Crippen LogP contribution in [0.3, 0.4) is 0 Å². The zero-order chi connectivity index (χ0) is 18.7. The summed E-state index contributed by atoms with van der Waals surface area (Å²) < 4.78 is 5.39. The van der Waals surface area contributed by atoms with Crippen molar-refractivity contribution in [3.63, 3.8) is 0 Å². The molecule has 0 aliphatic carbocycles. The fourth-order valence-electron chi connectivity index (χ4n) is 3.57. The first-order chi connectivity index (χ1) is 12.5. The van der Waals surface area contributed by atoms with E-state index in [0.29, 0.717) is 30.7 Å². The van der Waals surface area contributed by atoms with Gasteiger partial charge in [0.1, 0.15) is 11.3 Å². The summed E-state index contributed by atoms with van der Waals surface area (Å²) in [6.07, 6.45) is 2.14. The van der Waals surface area contributed by atoms with Gasteiger partial charge in [-0.15, -0.1) is 31.4 Å². The minimum absolute atomic E-state index is 0. The molecule has 1 saturated heterocycles. The topological polar surface area (TPSA) is 77.1 Å². The Morgan fingerprint density at radius 1 is 1.18 bits per heavy atom. The third-order valence-electron chi connectivity index (χ3n) is 5.01. The van der Waals surface area contributed by atoms with E-state index in [9.17, 15) is 9.90 Å². The predicted octanol–water partition coefficient (Wildman–Crippen LogP) is 2.49. The van der Waals surface area contributed by atoms with Gasteiger partial charge in [-0.05, 0) is 25.0 Å². The zero-order valence-corrected chi connectivity index (χ0v) is 17.7. The smallest absolute Gasteiger partial charge is 0.336 e. The van der Waals surface area contributed by atoms with E-state index in [4.69, 9.17) is 9.52 Å². The lowest BCUT2D eigenvalue weighted by atomic mass is 9.99. The summed E-state index contributed by atoms with van der Waals surface area (Å²) in [5.41, 5.74) is 2.33. The summed E-state index contributed by atoms with van der Waals surface area (Å²) in [5.74, 6) is 0.184. The Hall–Kier alpha value is -1.57. The van der Waals surface area contributed by atoms with Crippen molar-refractivity contribution in [2.75, 3.05) is 39.3 Å². The van der Waals surface area contributed by atoms with Crippen LogP contribution in [0.15, 0.2) is 34.0 Å². The van der Waals surface area contributed by atoms with Crippen LogP contribution in [0, 0.1) is 6.92 Å². The molecule has 1 aliphatic heterocycles. The number of piperazine rings is 1. The minimum Gasteiger partial charge on any atom is -0.507 e. The van der Waals surface area contributed by atoms with Crippen molar-refractivity contribution < 1.29 is 14.6 Å². The Labute approximate surface area is 177 Å². The number of aromatic hydroxyl groups is 1. The van der Waals surface area contributed by atoms with E-state index < -0.39 is 5.63 Å². The largest absolute Gasteiger partial charge is 0.507 e. The van der Waals surface area contributed by atoms with E-state index in [1.807, 2.05) is 13.0 Å². The molecule has 0 radical (unpaired) electrons. The average Bonchev–Trinajstić information content (AvgIpc) is 2.61. The van der Waals surface area contributed by atoms with E-state index in [1.54, 1.807) is 6.08 Å². The normalized spacial score (nSPS) is 15.1. The molecular weight excluding hydrogens is 403 g/mol. The minimum atomic E-state index is -0.410. The van der Waals surface area contributed by atoms with Crippen molar-refractivity contribution in [3.05, 3.63) is 51.9 Å². The first-order valence-corrected chi connectivity index (χ1v) is 8.98. The van der Waals surface area contributed by atoms with Crippen molar-refractivity contribution in [1.82, 2.24) is 9.80 Å². The lowest BCUT2D eigenvalue weighted by Gasteiger charge is -2.34. The number of halogens is 2. The summed E-state index contributed by atoms with van der Waals surface area (Å²) in [6.45, 7) is 10.7. The highest BCUT2D eigenvalue weighted by Crippen LogP contribution is 2.33. The Morgan fingerprint density at radius 3 is 2.43 bits per heavy atom. The SMILES string of the molecule is C=CCc1c(O)c(CN2CCN(CCO)CC2)cc2c(C)cc(=O)oc12.Cl.Cl. The Bertz CT molecular complexity index is 861. The molecule has 2 N–H and O–H groups in total. The fourth-order valence-corrected chi connectivity index (χ4v) is 3.57. The standard InChI is InChI=1S/C20H26N2O4.2ClH/c1-3-4-16-19(25)15(12-17-14(2)11-18(24)26-20(16)17)13-22-7-5-21(6-8-22)9-10-23;;/h3,11-12,23,25H,1,4-10,13H2,2H3;2*1H. The van der Waals surface area contributed by atoms with Crippen molar-refractivity contribution >= 4 is 35.8 Å². The summed E-state index contributed by atoms with van der Waals surface area (Å²) in [7, 11) is 0. The number of fused-ring (bicyclic) bond motifs is 1. The molecule has 0 amide bonds. The summed E-state index contributed by atoms with van der Waals surface area (Å²) in [4.78, 5) is 16.3. The van der Waals surface area contributed by atoms with Crippen LogP contribution >= 0.6 is 24.8 Å². The van der Waals surface area contributed by atoms with Gasteiger partial charge >= 0.3 is 5.63 Å². The molecule has 2 heterocycles. The van der Waals surface area contributed by atoms with Gasteiger partial charge in [-0.1, -0.05) is 6.08 Å². The number of phenols is 1. The highest BCUT2D eigenvalue weighted by Gasteiger charge is 2.21. The number of allylic oxidation sites excluding steroid dienone is 1. The third kappa shape index (κ3) is 5.27. The molecule has 1 aliphatic rings. The van der Waals surface area contributed by atoms with Crippen molar-refractivity contribution in [2.45, 2.75) is 19.9 Å². The van der Waals surface area contributed by atoms with E-state index >= 15 is 0 Å². The summed E-state index contributed by atoms with van der Waals surface area (Å²) in [6, 6.07) is 3.41. The van der Waals surface area contributed by atoms with Crippen LogP contribution in [0.1, 0.15) is 16.7 Å². The van der Waals surface area contributed by atoms with Crippen molar-refractivity contribution in [2.24, 2.45) is 0 Å². The van der Waals surface area contributed by atoms with Gasteiger partial charge in [0.05, 0.1) is 6.61 Å². The number of phenolic OH excluding ortho intramolecular Hbond substituents is 1. The second-order valence-electron chi connectivity index (χ2n) is 6.82. The molecule has 0 bridgehead atoms. The van der Waals surface area contributed by atoms with Crippen LogP contribution in [-0.4, -0.2) is 59.3 Å². The van der Waals surface area contributed by atoms with E-state index in [0.717, 1.165) is 42.7 Å². The number of nitrogens with zero attached hydrogens (tertiary/aromatic N) is 2. The van der Waals surface area contributed by atoms with Gasteiger partial charge in [0.2, 0.25) is 0 Å². The number of hydrogen-bond donors (Lipinski definition) is 2. The second-order valence-corrected chi connectivity index (χ2v) is 6.82. The molecule has 8 heteroatoms. The van der Waals surface area contributed by atoms with E-state index in [2.05, 4.69) is 16.4 Å². The molecular formula is C20H28Cl2N2O4. The summed E-state index contributed by atoms with van der Waals surface area (Å²) in [5, 5.41) is 20.7. The van der Waals surface area contributed by atoms with Crippen LogP contribution in [0.4, 0.5) is 0 Å². The predicted molar refractivity (Wildman–Crippen MR) is 116 cm³/mol. The van der Waals surface area contributed by atoms with Gasteiger partial charge in [-0.25, -0.2) is 4.79 Å². The number of aliphatic hydroxyl groups excluding tert-OH is 1. The van der Waals surface area contributed by atoms with Crippen LogP contribution < -0.4 is 5.63 Å². The lowest BCUT2D eigenvalue weighted by Crippen LogP contribution is -2.46. The molecule has 1 aromatic carbocycles. The maximum absolute atomic E-state index is 11.8. The van der Waals surface area contributed by atoms with Gasteiger partial charge < -0.3 is 14.6 Å². The molecule has 6 nitrogen and oxygen atoms in total. The van der Waals surface area contributed by atoms with Gasteiger partial charge in [-0.2, -0.15) is 0 Å². The molecule has 0 atom stereocenters. The zero-order valence-electron chi connectivity index (χ0n) is 16.0. The first-order valence-electron chi connectivity index (χ1n) is 8.98. The van der Waals surface area contributed by atoms with E-state index in [1.165, 1.54) is 6.07 Å².